The Bertz CT molecular complexity index is 615. The molecule has 21 heavy (non-hydrogen) atoms. The third-order valence-corrected chi connectivity index (χ3v) is 4.14. The molecule has 6 heteroatoms. The number of hydrogen-bond acceptors (Lipinski definition) is 4. The van der Waals surface area contributed by atoms with E-state index in [4.69, 9.17) is 0 Å². The van der Waals surface area contributed by atoms with Gasteiger partial charge in [0.2, 0.25) is 0 Å². The summed E-state index contributed by atoms with van der Waals surface area (Å²) in [6, 6.07) is 0.115. The maximum absolute atomic E-state index is 12.7. The summed E-state index contributed by atoms with van der Waals surface area (Å²) in [6.45, 7) is 8.76. The molecular weight excluding hydrogens is 284 g/mol. The fourth-order valence-electron chi connectivity index (χ4n) is 2.01. The Hall–Kier alpha value is -1.69. The first-order chi connectivity index (χ1) is 9.88. The highest BCUT2D eigenvalue weighted by atomic mass is 32.1. The van der Waals surface area contributed by atoms with Crippen LogP contribution in [-0.4, -0.2) is 31.6 Å². The van der Waals surface area contributed by atoms with Gasteiger partial charge in [-0.1, -0.05) is 13.8 Å². The Balaban J connectivity index is 2.18. The summed E-state index contributed by atoms with van der Waals surface area (Å²) >= 11 is 1.42. The molecule has 2 aromatic heterocycles. The van der Waals surface area contributed by atoms with E-state index >= 15 is 0 Å². The Morgan fingerprint density at radius 2 is 2.10 bits per heavy atom. The first-order valence-corrected chi connectivity index (χ1v) is 8.00. The standard InChI is InChI=1S/C15H22N4OS/c1-10(2)13-9-21-14(17-13)15(20)19(11(3)4)8-12-6-16-18(5)7-12/h6-7,9-11H,8H2,1-5H3. The fourth-order valence-corrected chi connectivity index (χ4v) is 2.94. The second-order valence-electron chi connectivity index (χ2n) is 5.78. The molecule has 1 amide bonds. The van der Waals surface area contributed by atoms with E-state index in [1.165, 1.54) is 11.3 Å². The molecule has 0 aliphatic rings. The molecule has 2 heterocycles. The van der Waals surface area contributed by atoms with E-state index in [9.17, 15) is 4.79 Å². The lowest BCUT2D eigenvalue weighted by atomic mass is 10.2. The van der Waals surface area contributed by atoms with Gasteiger partial charge >= 0.3 is 0 Å². The number of hydrogen-bond donors (Lipinski definition) is 0. The minimum absolute atomic E-state index is 0.00856. The molecule has 114 valence electrons. The van der Waals surface area contributed by atoms with Crippen LogP contribution in [0.15, 0.2) is 17.8 Å². The second kappa shape index (κ2) is 6.39. The number of carbonyl (C=O) groups excluding carboxylic acids is 1. The monoisotopic (exact) mass is 306 g/mol. The van der Waals surface area contributed by atoms with Crippen LogP contribution in [0.5, 0.6) is 0 Å². The molecule has 0 atom stereocenters. The van der Waals surface area contributed by atoms with Gasteiger partial charge in [-0.2, -0.15) is 5.10 Å². The minimum atomic E-state index is -0.00856. The molecule has 2 rings (SSSR count). The van der Waals surface area contributed by atoms with E-state index in [-0.39, 0.29) is 11.9 Å². The minimum Gasteiger partial charge on any atom is -0.330 e. The maximum Gasteiger partial charge on any atom is 0.283 e. The Morgan fingerprint density at radius 1 is 1.38 bits per heavy atom. The summed E-state index contributed by atoms with van der Waals surface area (Å²) < 4.78 is 1.75. The smallest absolute Gasteiger partial charge is 0.283 e. The van der Waals surface area contributed by atoms with E-state index in [0.717, 1.165) is 11.3 Å². The van der Waals surface area contributed by atoms with Gasteiger partial charge in [0, 0.05) is 36.8 Å². The summed E-state index contributed by atoms with van der Waals surface area (Å²) in [5.74, 6) is 0.333. The number of carbonyl (C=O) groups is 1. The first-order valence-electron chi connectivity index (χ1n) is 7.12. The van der Waals surface area contributed by atoms with Crippen molar-refractivity contribution in [2.45, 2.75) is 46.2 Å². The number of aromatic nitrogens is 3. The van der Waals surface area contributed by atoms with Gasteiger partial charge in [0.1, 0.15) is 0 Å². The molecule has 0 radical (unpaired) electrons. The predicted octanol–water partition coefficient (Wildman–Crippen LogP) is 3.05. The van der Waals surface area contributed by atoms with Crippen LogP contribution >= 0.6 is 11.3 Å². The molecule has 0 unspecified atom stereocenters. The van der Waals surface area contributed by atoms with Gasteiger partial charge in [-0.05, 0) is 19.8 Å². The van der Waals surface area contributed by atoms with Gasteiger partial charge in [-0.25, -0.2) is 4.98 Å². The Morgan fingerprint density at radius 3 is 2.57 bits per heavy atom. The average molecular weight is 306 g/mol. The lowest BCUT2D eigenvalue weighted by molar-refractivity contribution is 0.0689. The molecule has 0 saturated heterocycles. The highest BCUT2D eigenvalue weighted by Gasteiger charge is 2.22. The number of thiazole rings is 1. The lowest BCUT2D eigenvalue weighted by Gasteiger charge is -2.25. The number of nitrogens with zero attached hydrogens (tertiary/aromatic N) is 4. The van der Waals surface area contributed by atoms with Crippen molar-refractivity contribution in [3.63, 3.8) is 0 Å². The van der Waals surface area contributed by atoms with Crippen LogP contribution < -0.4 is 0 Å². The first kappa shape index (κ1) is 15.7. The molecule has 2 aromatic rings. The van der Waals surface area contributed by atoms with E-state index in [0.29, 0.717) is 17.5 Å². The van der Waals surface area contributed by atoms with Crippen molar-refractivity contribution in [1.82, 2.24) is 19.7 Å². The van der Waals surface area contributed by atoms with E-state index in [1.807, 2.05) is 37.4 Å². The topological polar surface area (TPSA) is 51.0 Å². The van der Waals surface area contributed by atoms with Crippen molar-refractivity contribution in [3.05, 3.63) is 34.0 Å². The van der Waals surface area contributed by atoms with Crippen LogP contribution in [0.2, 0.25) is 0 Å². The van der Waals surface area contributed by atoms with Gasteiger partial charge in [-0.15, -0.1) is 11.3 Å². The van der Waals surface area contributed by atoms with Crippen LogP contribution in [-0.2, 0) is 13.6 Å². The molecule has 0 aliphatic carbocycles. The lowest BCUT2D eigenvalue weighted by Crippen LogP contribution is -2.36. The van der Waals surface area contributed by atoms with Crippen LogP contribution in [0, 0.1) is 0 Å². The Labute approximate surface area is 129 Å². The summed E-state index contributed by atoms with van der Waals surface area (Å²) in [4.78, 5) is 19.0. The highest BCUT2D eigenvalue weighted by molar-refractivity contribution is 7.11. The van der Waals surface area contributed by atoms with Crippen LogP contribution in [0.1, 0.15) is 54.7 Å². The Kier molecular flexibility index (Phi) is 4.77. The summed E-state index contributed by atoms with van der Waals surface area (Å²) in [6.07, 6.45) is 3.73. The SMILES string of the molecule is CC(C)c1csc(C(=O)N(Cc2cnn(C)c2)C(C)C)n1. The zero-order valence-corrected chi connectivity index (χ0v) is 14.0. The zero-order chi connectivity index (χ0) is 15.6. The number of rotatable bonds is 5. The van der Waals surface area contributed by atoms with Crippen molar-refractivity contribution in [2.24, 2.45) is 7.05 Å². The van der Waals surface area contributed by atoms with Crippen molar-refractivity contribution in [3.8, 4) is 0 Å². The van der Waals surface area contributed by atoms with Crippen molar-refractivity contribution < 1.29 is 4.79 Å². The van der Waals surface area contributed by atoms with Gasteiger partial charge < -0.3 is 4.90 Å². The van der Waals surface area contributed by atoms with E-state index in [1.54, 1.807) is 10.9 Å². The zero-order valence-electron chi connectivity index (χ0n) is 13.2. The predicted molar refractivity (Wildman–Crippen MR) is 84.4 cm³/mol. The van der Waals surface area contributed by atoms with Crippen molar-refractivity contribution >= 4 is 17.2 Å². The molecule has 5 nitrogen and oxygen atoms in total. The largest absolute Gasteiger partial charge is 0.330 e. The molecule has 0 N–H and O–H groups in total. The van der Waals surface area contributed by atoms with Crippen LogP contribution in [0.4, 0.5) is 0 Å². The summed E-state index contributed by atoms with van der Waals surface area (Å²) in [7, 11) is 1.88. The molecular formula is C15H22N4OS. The van der Waals surface area contributed by atoms with Gasteiger partial charge in [0.15, 0.2) is 5.01 Å². The highest BCUT2D eigenvalue weighted by Crippen LogP contribution is 2.20. The number of amides is 1. The van der Waals surface area contributed by atoms with Gasteiger partial charge in [0.25, 0.3) is 5.91 Å². The third-order valence-electron chi connectivity index (χ3n) is 3.29. The van der Waals surface area contributed by atoms with Crippen molar-refractivity contribution in [2.75, 3.05) is 0 Å². The number of aryl methyl sites for hydroxylation is 1. The second-order valence-corrected chi connectivity index (χ2v) is 6.64. The normalized spacial score (nSPS) is 11.4. The molecule has 0 fully saturated rings. The molecule has 0 aliphatic heterocycles. The fraction of sp³-hybridized carbons (Fsp3) is 0.533. The maximum atomic E-state index is 12.7. The summed E-state index contributed by atoms with van der Waals surface area (Å²) in [5, 5.41) is 6.69. The molecule has 0 bridgehead atoms. The molecule has 0 aromatic carbocycles. The molecule has 0 saturated carbocycles. The van der Waals surface area contributed by atoms with E-state index < -0.39 is 0 Å². The third kappa shape index (κ3) is 3.69. The average Bonchev–Trinajstić information content (AvgIpc) is 3.03. The van der Waals surface area contributed by atoms with Crippen LogP contribution in [0.3, 0.4) is 0 Å². The quantitative estimate of drug-likeness (QED) is 0.853. The van der Waals surface area contributed by atoms with Gasteiger partial charge in [-0.3, -0.25) is 9.48 Å². The summed E-state index contributed by atoms with van der Waals surface area (Å²) in [5.41, 5.74) is 2.01. The molecule has 0 spiro atoms. The van der Waals surface area contributed by atoms with Crippen molar-refractivity contribution in [1.29, 1.82) is 0 Å². The van der Waals surface area contributed by atoms with Gasteiger partial charge in [0.05, 0.1) is 11.9 Å². The van der Waals surface area contributed by atoms with Crippen LogP contribution in [0.25, 0.3) is 0 Å². The van der Waals surface area contributed by atoms with E-state index in [2.05, 4.69) is 23.9 Å².